The van der Waals surface area contributed by atoms with E-state index in [0.29, 0.717) is 5.02 Å². The molecule has 0 unspecified atom stereocenters. The van der Waals surface area contributed by atoms with Gasteiger partial charge in [0.05, 0.1) is 15.6 Å². The molecule has 0 heterocycles. The topological polar surface area (TPSA) is 89.3 Å². The van der Waals surface area contributed by atoms with Crippen LogP contribution in [0.15, 0.2) is 47.4 Å². The van der Waals surface area contributed by atoms with E-state index in [-0.39, 0.29) is 21.2 Å². The van der Waals surface area contributed by atoms with Crippen LogP contribution >= 0.6 is 23.2 Å². The Morgan fingerprint density at radius 3 is 2.24 bits per heavy atom. The first-order chi connectivity index (χ1) is 9.79. The summed E-state index contributed by atoms with van der Waals surface area (Å²) in [6.45, 7) is 0. The number of hydrogen-bond acceptors (Lipinski definition) is 3. The average Bonchev–Trinajstić information content (AvgIpc) is 2.41. The lowest BCUT2D eigenvalue weighted by Crippen LogP contribution is -2.15. The number of halogens is 2. The molecule has 0 fully saturated rings. The van der Waals surface area contributed by atoms with Crippen LogP contribution in [-0.4, -0.2) is 14.3 Å². The van der Waals surface area contributed by atoms with Crippen LogP contribution in [0, 0.1) is 0 Å². The van der Waals surface area contributed by atoms with Crippen LogP contribution in [0.25, 0.3) is 0 Å². The molecule has 110 valence electrons. The summed E-state index contributed by atoms with van der Waals surface area (Å²) in [6, 6.07) is 9.70. The molecule has 2 rings (SSSR count). The van der Waals surface area contributed by atoms with Crippen molar-refractivity contribution in [3.05, 3.63) is 58.1 Å². The van der Waals surface area contributed by atoms with E-state index in [9.17, 15) is 13.2 Å². The molecule has 0 aliphatic rings. The Hall–Kier alpha value is -1.76. The smallest absolute Gasteiger partial charge is 0.261 e. The first-order valence-corrected chi connectivity index (χ1v) is 7.91. The van der Waals surface area contributed by atoms with Crippen LogP contribution in [0.4, 0.5) is 5.69 Å². The maximum Gasteiger partial charge on any atom is 0.261 e. The quantitative estimate of drug-likeness (QED) is 0.893. The Bertz CT molecular complexity index is 790. The Labute approximate surface area is 131 Å². The van der Waals surface area contributed by atoms with Gasteiger partial charge in [0.25, 0.3) is 10.0 Å². The zero-order valence-corrected chi connectivity index (χ0v) is 12.8. The molecule has 0 aromatic heterocycles. The van der Waals surface area contributed by atoms with Crippen molar-refractivity contribution in [3.8, 4) is 0 Å². The van der Waals surface area contributed by atoms with Crippen LogP contribution in [0.5, 0.6) is 0 Å². The van der Waals surface area contributed by atoms with Crippen molar-refractivity contribution in [2.24, 2.45) is 5.73 Å². The Morgan fingerprint density at radius 1 is 1.05 bits per heavy atom. The third kappa shape index (κ3) is 3.66. The highest BCUT2D eigenvalue weighted by molar-refractivity contribution is 7.92. The van der Waals surface area contributed by atoms with Crippen molar-refractivity contribution in [2.45, 2.75) is 4.90 Å². The molecule has 0 aliphatic heterocycles. The first kappa shape index (κ1) is 15.6. The second-order valence-corrected chi connectivity index (χ2v) is 6.64. The van der Waals surface area contributed by atoms with Crippen molar-refractivity contribution >= 4 is 44.8 Å². The van der Waals surface area contributed by atoms with Gasteiger partial charge in [-0.3, -0.25) is 9.52 Å². The van der Waals surface area contributed by atoms with Crippen LogP contribution in [0.1, 0.15) is 10.4 Å². The van der Waals surface area contributed by atoms with Gasteiger partial charge in [0.2, 0.25) is 5.91 Å². The summed E-state index contributed by atoms with van der Waals surface area (Å²) in [6.07, 6.45) is 0. The molecule has 2 aromatic carbocycles. The van der Waals surface area contributed by atoms with Gasteiger partial charge in [0.15, 0.2) is 0 Å². The first-order valence-electron chi connectivity index (χ1n) is 5.67. The van der Waals surface area contributed by atoms with E-state index < -0.39 is 15.9 Å². The number of hydrogen-bond donors (Lipinski definition) is 2. The third-order valence-corrected chi connectivity index (χ3v) is 4.58. The zero-order chi connectivity index (χ0) is 15.6. The summed E-state index contributed by atoms with van der Waals surface area (Å²) in [4.78, 5) is 11.1. The maximum absolute atomic E-state index is 12.2. The number of amides is 1. The highest BCUT2D eigenvalue weighted by Gasteiger charge is 2.16. The summed E-state index contributed by atoms with van der Waals surface area (Å²) < 4.78 is 26.7. The lowest BCUT2D eigenvalue weighted by Gasteiger charge is -2.10. The average molecular weight is 345 g/mol. The van der Waals surface area contributed by atoms with Crippen LogP contribution in [0.3, 0.4) is 0 Å². The van der Waals surface area contributed by atoms with Gasteiger partial charge in [-0.1, -0.05) is 23.2 Å². The minimum absolute atomic E-state index is 0.0208. The van der Waals surface area contributed by atoms with Crippen molar-refractivity contribution in [2.75, 3.05) is 4.72 Å². The van der Waals surface area contributed by atoms with E-state index in [1.54, 1.807) is 0 Å². The molecular formula is C13H10Cl2N2O3S. The van der Waals surface area contributed by atoms with Gasteiger partial charge in [-0.2, -0.15) is 0 Å². The van der Waals surface area contributed by atoms with Crippen LogP contribution < -0.4 is 10.5 Å². The molecule has 0 atom stereocenters. The molecule has 5 nitrogen and oxygen atoms in total. The zero-order valence-electron chi connectivity index (χ0n) is 10.5. The number of sulfonamides is 1. The Kier molecular flexibility index (Phi) is 4.41. The molecule has 0 saturated carbocycles. The minimum atomic E-state index is -3.84. The predicted octanol–water partition coefficient (Wildman–Crippen LogP) is 2.89. The molecular weight excluding hydrogens is 335 g/mol. The fraction of sp³-hybridized carbons (Fsp3) is 0. The van der Waals surface area contributed by atoms with E-state index in [4.69, 9.17) is 28.9 Å². The molecule has 0 aliphatic carbocycles. The van der Waals surface area contributed by atoms with Crippen LogP contribution in [0.2, 0.25) is 10.0 Å². The van der Waals surface area contributed by atoms with Crippen molar-refractivity contribution in [3.63, 3.8) is 0 Å². The molecule has 0 saturated heterocycles. The van der Waals surface area contributed by atoms with Gasteiger partial charge in [-0.15, -0.1) is 0 Å². The number of primary amides is 1. The molecule has 3 N–H and O–H groups in total. The molecule has 8 heteroatoms. The van der Waals surface area contributed by atoms with E-state index in [2.05, 4.69) is 4.72 Å². The standard InChI is InChI=1S/C13H10Cl2N2O3S/c14-9-2-4-10(5-3-9)21(19,20)17-12-7-8(13(16)18)1-6-11(12)15/h1-7,17H,(H2,16,18). The molecule has 2 aromatic rings. The second-order valence-electron chi connectivity index (χ2n) is 4.12. The summed E-state index contributed by atoms with van der Waals surface area (Å²) in [5.41, 5.74) is 5.37. The van der Waals surface area contributed by atoms with E-state index in [1.165, 1.54) is 42.5 Å². The summed E-state index contributed by atoms with van der Waals surface area (Å²) in [5.74, 6) is -0.682. The number of benzene rings is 2. The molecule has 1 amide bonds. The molecule has 0 bridgehead atoms. The van der Waals surface area contributed by atoms with Gasteiger partial charge in [0, 0.05) is 10.6 Å². The number of rotatable bonds is 4. The van der Waals surface area contributed by atoms with Crippen molar-refractivity contribution in [1.82, 2.24) is 0 Å². The monoisotopic (exact) mass is 344 g/mol. The third-order valence-electron chi connectivity index (χ3n) is 2.62. The molecule has 0 radical (unpaired) electrons. The number of nitrogens with one attached hydrogen (secondary N) is 1. The summed E-state index contributed by atoms with van der Waals surface area (Å²) in [5, 5.41) is 0.570. The largest absolute Gasteiger partial charge is 0.366 e. The lowest BCUT2D eigenvalue weighted by molar-refractivity contribution is 0.100. The van der Waals surface area contributed by atoms with Gasteiger partial charge < -0.3 is 5.73 Å². The van der Waals surface area contributed by atoms with Crippen molar-refractivity contribution < 1.29 is 13.2 Å². The molecule has 0 spiro atoms. The minimum Gasteiger partial charge on any atom is -0.366 e. The molecule has 21 heavy (non-hydrogen) atoms. The number of anilines is 1. The summed E-state index contributed by atoms with van der Waals surface area (Å²) >= 11 is 11.6. The summed E-state index contributed by atoms with van der Waals surface area (Å²) in [7, 11) is -3.84. The van der Waals surface area contributed by atoms with Crippen LogP contribution in [-0.2, 0) is 10.0 Å². The predicted molar refractivity (Wildman–Crippen MR) is 82.2 cm³/mol. The maximum atomic E-state index is 12.2. The Morgan fingerprint density at radius 2 is 1.67 bits per heavy atom. The number of nitrogens with two attached hydrogens (primary N) is 1. The van der Waals surface area contributed by atoms with E-state index in [1.807, 2.05) is 0 Å². The van der Waals surface area contributed by atoms with Gasteiger partial charge in [0.1, 0.15) is 0 Å². The fourth-order valence-corrected chi connectivity index (χ4v) is 2.99. The number of carbonyl (C=O) groups is 1. The van der Waals surface area contributed by atoms with Gasteiger partial charge in [-0.05, 0) is 42.5 Å². The normalized spacial score (nSPS) is 11.1. The SMILES string of the molecule is NC(=O)c1ccc(Cl)c(NS(=O)(=O)c2ccc(Cl)cc2)c1. The highest BCUT2D eigenvalue weighted by Crippen LogP contribution is 2.26. The Balaban J connectivity index is 2.38. The van der Waals surface area contributed by atoms with Gasteiger partial charge in [-0.25, -0.2) is 8.42 Å². The van der Waals surface area contributed by atoms with E-state index >= 15 is 0 Å². The second kappa shape index (κ2) is 5.93. The lowest BCUT2D eigenvalue weighted by atomic mass is 10.2. The fourth-order valence-electron chi connectivity index (χ4n) is 1.57. The van der Waals surface area contributed by atoms with E-state index in [0.717, 1.165) is 0 Å². The van der Waals surface area contributed by atoms with Crippen molar-refractivity contribution in [1.29, 1.82) is 0 Å². The van der Waals surface area contributed by atoms with Gasteiger partial charge >= 0.3 is 0 Å². The number of carbonyl (C=O) groups excluding carboxylic acids is 1. The highest BCUT2D eigenvalue weighted by atomic mass is 35.5.